The van der Waals surface area contributed by atoms with E-state index in [0.717, 1.165) is 22.4 Å². The van der Waals surface area contributed by atoms with Crippen LogP contribution in [0.25, 0.3) is 11.3 Å². The summed E-state index contributed by atoms with van der Waals surface area (Å²) in [5.41, 5.74) is 3.88. The molecule has 0 aliphatic carbocycles. The summed E-state index contributed by atoms with van der Waals surface area (Å²) in [5, 5.41) is 7.93. The molecular weight excluding hydrogens is 360 g/mol. The second-order valence-corrected chi connectivity index (χ2v) is 6.79. The van der Waals surface area contributed by atoms with E-state index >= 15 is 0 Å². The minimum Gasteiger partial charge on any atom is -0.366 e. The Labute approximate surface area is 170 Å². The Morgan fingerprint density at radius 1 is 0.897 bits per heavy atom. The molecule has 0 amide bonds. The molecule has 0 aliphatic rings. The Bertz CT molecular complexity index is 1060. The van der Waals surface area contributed by atoms with Gasteiger partial charge in [0.25, 0.3) is 0 Å². The van der Waals surface area contributed by atoms with Crippen molar-refractivity contribution in [3.63, 3.8) is 0 Å². The molecule has 0 aliphatic heterocycles. The number of nitrogens with one attached hydrogen (secondary N) is 1. The molecule has 0 saturated heterocycles. The fourth-order valence-corrected chi connectivity index (χ4v) is 3.14. The van der Waals surface area contributed by atoms with E-state index in [1.807, 2.05) is 78.9 Å². The summed E-state index contributed by atoms with van der Waals surface area (Å²) in [6.07, 6.45) is 4.54. The van der Waals surface area contributed by atoms with Crippen molar-refractivity contribution in [2.75, 3.05) is 5.32 Å². The van der Waals surface area contributed by atoms with Crippen molar-refractivity contribution < 1.29 is 4.79 Å². The predicted molar refractivity (Wildman–Crippen MR) is 115 cm³/mol. The molecule has 0 fully saturated rings. The molecule has 5 heteroatoms. The largest absolute Gasteiger partial charge is 0.366 e. The van der Waals surface area contributed by atoms with Crippen LogP contribution in [0.15, 0.2) is 91.3 Å². The average molecular weight is 382 g/mol. The first-order valence-electron chi connectivity index (χ1n) is 9.65. The van der Waals surface area contributed by atoms with E-state index in [2.05, 4.69) is 15.4 Å². The van der Waals surface area contributed by atoms with E-state index in [-0.39, 0.29) is 5.91 Å². The smallest absolute Gasteiger partial charge is 0.249 e. The lowest BCUT2D eigenvalue weighted by atomic mass is 10.1. The van der Waals surface area contributed by atoms with Gasteiger partial charge < -0.3 is 5.32 Å². The molecule has 4 rings (SSSR count). The summed E-state index contributed by atoms with van der Waals surface area (Å²) in [6, 6.07) is 25.8. The number of hydrogen-bond donors (Lipinski definition) is 1. The van der Waals surface area contributed by atoms with Gasteiger partial charge in [-0.1, -0.05) is 60.7 Å². The zero-order chi connectivity index (χ0) is 19.9. The second-order valence-electron chi connectivity index (χ2n) is 6.79. The lowest BCUT2D eigenvalue weighted by Gasteiger charge is -2.09. The molecular formula is C24H22N4O. The van der Waals surface area contributed by atoms with Crippen molar-refractivity contribution in [3.05, 3.63) is 102 Å². The summed E-state index contributed by atoms with van der Waals surface area (Å²) < 4.78 is 1.48. The molecule has 0 spiro atoms. The first-order chi connectivity index (χ1) is 14.3. The number of hydrogen-bond acceptors (Lipinski definition) is 4. The minimum absolute atomic E-state index is 0.0421. The van der Waals surface area contributed by atoms with Crippen LogP contribution >= 0.6 is 0 Å². The Morgan fingerprint density at radius 2 is 1.62 bits per heavy atom. The summed E-state index contributed by atoms with van der Waals surface area (Å²) in [7, 11) is 0. The standard InChI is InChI=1S/C24H22N4O/c29-24(14-13-19-8-3-1-4-9-19)28-23(26-17-20-10-5-2-6-11-20)16-22(27-28)21-12-7-15-25-18-21/h1-12,15-16,18,26H,13-14,17H2. The monoisotopic (exact) mass is 382 g/mol. The number of aromatic nitrogens is 3. The zero-order valence-corrected chi connectivity index (χ0v) is 16.0. The number of carbonyl (C=O) groups is 1. The van der Waals surface area contributed by atoms with Gasteiger partial charge in [0, 0.05) is 37.0 Å². The third-order valence-corrected chi connectivity index (χ3v) is 4.69. The maximum atomic E-state index is 12.9. The molecule has 2 aromatic heterocycles. The number of carbonyl (C=O) groups excluding carboxylic acids is 1. The van der Waals surface area contributed by atoms with Crippen LogP contribution in [0.4, 0.5) is 5.82 Å². The highest BCUT2D eigenvalue weighted by atomic mass is 16.2. The molecule has 0 saturated carbocycles. The van der Waals surface area contributed by atoms with Gasteiger partial charge >= 0.3 is 0 Å². The third kappa shape index (κ3) is 4.76. The Kier molecular flexibility index (Phi) is 5.76. The molecule has 0 atom stereocenters. The van der Waals surface area contributed by atoms with Crippen molar-refractivity contribution in [2.24, 2.45) is 0 Å². The average Bonchev–Trinajstić information content (AvgIpc) is 3.22. The lowest BCUT2D eigenvalue weighted by molar-refractivity contribution is 0.0890. The van der Waals surface area contributed by atoms with E-state index in [9.17, 15) is 4.79 Å². The lowest BCUT2D eigenvalue weighted by Crippen LogP contribution is -2.16. The van der Waals surface area contributed by atoms with Gasteiger partial charge in [-0.3, -0.25) is 9.78 Å². The Balaban J connectivity index is 1.56. The first kappa shape index (κ1) is 18.6. The van der Waals surface area contributed by atoms with Crippen LogP contribution in [0.3, 0.4) is 0 Å². The molecule has 0 unspecified atom stereocenters. The zero-order valence-electron chi connectivity index (χ0n) is 16.0. The van der Waals surface area contributed by atoms with Crippen LogP contribution in [0, 0.1) is 0 Å². The molecule has 1 N–H and O–H groups in total. The summed E-state index contributed by atoms with van der Waals surface area (Å²) >= 11 is 0. The summed E-state index contributed by atoms with van der Waals surface area (Å²) in [5.74, 6) is 0.644. The minimum atomic E-state index is -0.0421. The fraction of sp³-hybridized carbons (Fsp3) is 0.125. The number of aryl methyl sites for hydroxylation is 1. The predicted octanol–water partition coefficient (Wildman–Crippen LogP) is 4.83. The SMILES string of the molecule is O=C(CCc1ccccc1)n1nc(-c2cccnc2)cc1NCc1ccccc1. The van der Waals surface area contributed by atoms with Gasteiger partial charge in [0.05, 0.1) is 5.69 Å². The van der Waals surface area contributed by atoms with Crippen LogP contribution in [0.2, 0.25) is 0 Å². The van der Waals surface area contributed by atoms with E-state index in [1.165, 1.54) is 4.68 Å². The molecule has 0 radical (unpaired) electrons. The van der Waals surface area contributed by atoms with Gasteiger partial charge in [-0.15, -0.1) is 0 Å². The number of benzene rings is 2. The van der Waals surface area contributed by atoms with Crippen LogP contribution < -0.4 is 5.32 Å². The molecule has 0 bridgehead atoms. The van der Waals surface area contributed by atoms with Crippen molar-refractivity contribution in [1.82, 2.24) is 14.8 Å². The van der Waals surface area contributed by atoms with E-state index in [0.29, 0.717) is 25.2 Å². The van der Waals surface area contributed by atoms with Crippen molar-refractivity contribution in [3.8, 4) is 11.3 Å². The van der Waals surface area contributed by atoms with Crippen molar-refractivity contribution >= 4 is 11.7 Å². The fourth-order valence-electron chi connectivity index (χ4n) is 3.14. The van der Waals surface area contributed by atoms with Gasteiger partial charge in [0.1, 0.15) is 5.82 Å². The van der Waals surface area contributed by atoms with Crippen LogP contribution in [0.5, 0.6) is 0 Å². The van der Waals surface area contributed by atoms with Crippen molar-refractivity contribution in [1.29, 1.82) is 0 Å². The van der Waals surface area contributed by atoms with Gasteiger partial charge in [-0.2, -0.15) is 9.78 Å². The highest BCUT2D eigenvalue weighted by molar-refractivity contribution is 5.83. The van der Waals surface area contributed by atoms with Gasteiger partial charge in [-0.25, -0.2) is 0 Å². The maximum Gasteiger partial charge on any atom is 0.249 e. The molecule has 144 valence electrons. The number of anilines is 1. The quantitative estimate of drug-likeness (QED) is 0.497. The van der Waals surface area contributed by atoms with Crippen LogP contribution in [0.1, 0.15) is 22.3 Å². The third-order valence-electron chi connectivity index (χ3n) is 4.69. The van der Waals surface area contributed by atoms with Crippen LogP contribution in [-0.2, 0) is 13.0 Å². The van der Waals surface area contributed by atoms with Crippen molar-refractivity contribution in [2.45, 2.75) is 19.4 Å². The Hall–Kier alpha value is -3.73. The molecule has 5 nitrogen and oxygen atoms in total. The highest BCUT2D eigenvalue weighted by Crippen LogP contribution is 2.22. The van der Waals surface area contributed by atoms with Gasteiger partial charge in [0.2, 0.25) is 5.91 Å². The van der Waals surface area contributed by atoms with Gasteiger partial charge in [0.15, 0.2) is 0 Å². The van der Waals surface area contributed by atoms with E-state index in [1.54, 1.807) is 12.4 Å². The summed E-state index contributed by atoms with van der Waals surface area (Å²) in [6.45, 7) is 0.616. The summed E-state index contributed by atoms with van der Waals surface area (Å²) in [4.78, 5) is 17.1. The Morgan fingerprint density at radius 3 is 2.31 bits per heavy atom. The van der Waals surface area contributed by atoms with Crippen LogP contribution in [-0.4, -0.2) is 20.7 Å². The molecule has 2 heterocycles. The maximum absolute atomic E-state index is 12.9. The number of nitrogens with zero attached hydrogens (tertiary/aromatic N) is 3. The van der Waals surface area contributed by atoms with E-state index in [4.69, 9.17) is 0 Å². The topological polar surface area (TPSA) is 59.8 Å². The first-order valence-corrected chi connectivity index (χ1v) is 9.65. The van der Waals surface area contributed by atoms with E-state index < -0.39 is 0 Å². The number of pyridine rings is 1. The molecule has 2 aromatic carbocycles. The van der Waals surface area contributed by atoms with Gasteiger partial charge in [-0.05, 0) is 29.7 Å². The number of rotatable bonds is 7. The normalized spacial score (nSPS) is 10.6. The molecule has 29 heavy (non-hydrogen) atoms. The second kappa shape index (κ2) is 8.97. The highest BCUT2D eigenvalue weighted by Gasteiger charge is 2.15. The molecule has 4 aromatic rings.